The highest BCUT2D eigenvalue weighted by molar-refractivity contribution is 5.86. The van der Waals surface area contributed by atoms with E-state index >= 15 is 0 Å². The molecule has 1 fully saturated rings. The molecule has 0 unspecified atom stereocenters. The molecule has 1 heterocycles. The molecule has 5 nitrogen and oxygen atoms in total. The molecule has 1 saturated heterocycles. The van der Waals surface area contributed by atoms with Gasteiger partial charge in [0.05, 0.1) is 6.54 Å². The predicted molar refractivity (Wildman–Crippen MR) is 99.8 cm³/mol. The lowest BCUT2D eigenvalue weighted by atomic mass is 10.1. The van der Waals surface area contributed by atoms with Crippen LogP contribution in [0.15, 0.2) is 42.5 Å². The lowest BCUT2D eigenvalue weighted by molar-refractivity contribution is -0.146. The molecule has 0 saturated carbocycles. The van der Waals surface area contributed by atoms with E-state index in [1.807, 2.05) is 32.0 Å². The van der Waals surface area contributed by atoms with Crippen molar-refractivity contribution in [2.75, 3.05) is 26.2 Å². The van der Waals surface area contributed by atoms with Gasteiger partial charge in [-0.05, 0) is 37.1 Å². The number of benzene rings is 2. The SMILES string of the molecule is Cc1cccc(OCC(=O)N2CCN(Cc3ccccc3F)C(=O)C2)c1C. The first-order valence-corrected chi connectivity index (χ1v) is 8.93. The molecule has 0 bridgehead atoms. The van der Waals surface area contributed by atoms with Crippen LogP contribution in [-0.4, -0.2) is 47.9 Å². The van der Waals surface area contributed by atoms with Gasteiger partial charge < -0.3 is 14.5 Å². The van der Waals surface area contributed by atoms with Crippen molar-refractivity contribution < 1.29 is 18.7 Å². The Morgan fingerprint density at radius 1 is 1.11 bits per heavy atom. The van der Waals surface area contributed by atoms with Crippen LogP contribution in [0.1, 0.15) is 16.7 Å². The molecule has 1 aliphatic heterocycles. The second kappa shape index (κ2) is 8.20. The lowest BCUT2D eigenvalue weighted by Gasteiger charge is -2.34. The van der Waals surface area contributed by atoms with E-state index in [0.717, 1.165) is 11.1 Å². The Hall–Kier alpha value is -2.89. The maximum Gasteiger partial charge on any atom is 0.261 e. The molecule has 1 aliphatic rings. The summed E-state index contributed by atoms with van der Waals surface area (Å²) in [6.07, 6.45) is 0. The number of rotatable bonds is 5. The number of amides is 2. The van der Waals surface area contributed by atoms with Crippen LogP contribution in [-0.2, 0) is 16.1 Å². The molecule has 0 spiro atoms. The van der Waals surface area contributed by atoms with Crippen molar-refractivity contribution in [2.24, 2.45) is 0 Å². The minimum atomic E-state index is -0.328. The van der Waals surface area contributed by atoms with E-state index in [4.69, 9.17) is 4.74 Å². The molecule has 0 atom stereocenters. The van der Waals surface area contributed by atoms with Crippen LogP contribution in [0.2, 0.25) is 0 Å². The Bertz CT molecular complexity index is 853. The Balaban J connectivity index is 1.54. The van der Waals surface area contributed by atoms with Gasteiger partial charge in [-0.15, -0.1) is 0 Å². The number of nitrogens with zero attached hydrogens (tertiary/aromatic N) is 2. The first-order chi connectivity index (χ1) is 13.0. The highest BCUT2D eigenvalue weighted by Crippen LogP contribution is 2.20. The number of piperazine rings is 1. The predicted octanol–water partition coefficient (Wildman–Crippen LogP) is 2.69. The molecule has 142 valence electrons. The van der Waals surface area contributed by atoms with Crippen LogP contribution in [0.3, 0.4) is 0 Å². The summed E-state index contributed by atoms with van der Waals surface area (Å²) >= 11 is 0. The second-order valence-electron chi connectivity index (χ2n) is 6.71. The van der Waals surface area contributed by atoms with Crippen molar-refractivity contribution in [3.8, 4) is 5.75 Å². The molecule has 27 heavy (non-hydrogen) atoms. The van der Waals surface area contributed by atoms with Gasteiger partial charge >= 0.3 is 0 Å². The monoisotopic (exact) mass is 370 g/mol. The lowest BCUT2D eigenvalue weighted by Crippen LogP contribution is -2.52. The summed E-state index contributed by atoms with van der Waals surface area (Å²) in [5.41, 5.74) is 2.57. The fourth-order valence-electron chi connectivity index (χ4n) is 3.03. The molecule has 0 aliphatic carbocycles. The van der Waals surface area contributed by atoms with E-state index in [-0.39, 0.29) is 37.3 Å². The van der Waals surface area contributed by atoms with Crippen molar-refractivity contribution in [1.29, 1.82) is 0 Å². The van der Waals surface area contributed by atoms with Gasteiger partial charge in [-0.2, -0.15) is 0 Å². The number of carbonyl (C=O) groups is 2. The van der Waals surface area contributed by atoms with E-state index in [1.165, 1.54) is 11.0 Å². The summed E-state index contributed by atoms with van der Waals surface area (Å²) in [4.78, 5) is 27.8. The first-order valence-electron chi connectivity index (χ1n) is 8.93. The zero-order chi connectivity index (χ0) is 19.4. The highest BCUT2D eigenvalue weighted by atomic mass is 19.1. The number of ether oxygens (including phenoxy) is 1. The summed E-state index contributed by atoms with van der Waals surface area (Å²) in [6, 6.07) is 12.1. The third-order valence-electron chi connectivity index (χ3n) is 4.90. The van der Waals surface area contributed by atoms with Crippen LogP contribution in [0.4, 0.5) is 4.39 Å². The summed E-state index contributed by atoms with van der Waals surface area (Å²) in [5.74, 6) is -0.0713. The van der Waals surface area contributed by atoms with Crippen molar-refractivity contribution in [3.05, 3.63) is 65.0 Å². The summed E-state index contributed by atoms with van der Waals surface area (Å²) in [6.45, 7) is 4.82. The van der Waals surface area contributed by atoms with E-state index in [9.17, 15) is 14.0 Å². The average Bonchev–Trinajstić information content (AvgIpc) is 2.66. The van der Waals surface area contributed by atoms with E-state index in [2.05, 4.69) is 0 Å². The van der Waals surface area contributed by atoms with Gasteiger partial charge in [-0.25, -0.2) is 4.39 Å². The molecule has 6 heteroatoms. The molecule has 2 aromatic carbocycles. The quantitative estimate of drug-likeness (QED) is 0.813. The van der Waals surface area contributed by atoms with Gasteiger partial charge in [0.1, 0.15) is 11.6 Å². The number of hydrogen-bond donors (Lipinski definition) is 0. The van der Waals surface area contributed by atoms with Crippen molar-refractivity contribution >= 4 is 11.8 Å². The number of hydrogen-bond acceptors (Lipinski definition) is 3. The molecule has 2 amide bonds. The van der Waals surface area contributed by atoms with Crippen LogP contribution in [0.25, 0.3) is 0 Å². The fraction of sp³-hybridized carbons (Fsp3) is 0.333. The molecular weight excluding hydrogens is 347 g/mol. The number of carbonyl (C=O) groups excluding carboxylic acids is 2. The van der Waals surface area contributed by atoms with Crippen molar-refractivity contribution in [1.82, 2.24) is 9.80 Å². The van der Waals surface area contributed by atoms with E-state index < -0.39 is 0 Å². The maximum atomic E-state index is 13.8. The minimum Gasteiger partial charge on any atom is -0.483 e. The summed E-state index contributed by atoms with van der Waals surface area (Å²) < 4.78 is 19.4. The van der Waals surface area contributed by atoms with Gasteiger partial charge in [0.15, 0.2) is 6.61 Å². The van der Waals surface area contributed by atoms with Crippen LogP contribution in [0, 0.1) is 19.7 Å². The maximum absolute atomic E-state index is 13.8. The van der Waals surface area contributed by atoms with Crippen molar-refractivity contribution in [3.63, 3.8) is 0 Å². The van der Waals surface area contributed by atoms with Gasteiger partial charge in [-0.3, -0.25) is 9.59 Å². The first kappa shape index (κ1) is 18.9. The zero-order valence-corrected chi connectivity index (χ0v) is 15.6. The molecule has 0 N–H and O–H groups in total. The fourth-order valence-corrected chi connectivity index (χ4v) is 3.03. The Morgan fingerprint density at radius 3 is 2.63 bits per heavy atom. The van der Waals surface area contributed by atoms with Gasteiger partial charge in [0, 0.05) is 25.2 Å². The third-order valence-corrected chi connectivity index (χ3v) is 4.90. The number of halogens is 1. The second-order valence-corrected chi connectivity index (χ2v) is 6.71. The highest BCUT2D eigenvalue weighted by Gasteiger charge is 2.27. The minimum absolute atomic E-state index is 0.0105. The summed E-state index contributed by atoms with van der Waals surface area (Å²) in [5, 5.41) is 0. The van der Waals surface area contributed by atoms with Crippen LogP contribution < -0.4 is 4.74 Å². The van der Waals surface area contributed by atoms with Gasteiger partial charge in [0.2, 0.25) is 5.91 Å². The summed E-state index contributed by atoms with van der Waals surface area (Å²) in [7, 11) is 0. The third kappa shape index (κ3) is 4.45. The smallest absolute Gasteiger partial charge is 0.261 e. The van der Waals surface area contributed by atoms with Gasteiger partial charge in [-0.1, -0.05) is 30.3 Å². The Labute approximate surface area is 158 Å². The van der Waals surface area contributed by atoms with Crippen LogP contribution >= 0.6 is 0 Å². The standard InChI is InChI=1S/C21H23FN2O3/c1-15-6-5-9-19(16(15)2)27-14-21(26)24-11-10-23(20(25)13-24)12-17-7-3-4-8-18(17)22/h3-9H,10-14H2,1-2H3. The van der Waals surface area contributed by atoms with E-state index in [0.29, 0.717) is 24.4 Å². The largest absolute Gasteiger partial charge is 0.483 e. The normalized spacial score (nSPS) is 14.4. The molecule has 0 aromatic heterocycles. The topological polar surface area (TPSA) is 49.9 Å². The zero-order valence-electron chi connectivity index (χ0n) is 15.6. The number of aryl methyl sites for hydroxylation is 1. The van der Waals surface area contributed by atoms with Crippen LogP contribution in [0.5, 0.6) is 5.75 Å². The van der Waals surface area contributed by atoms with Crippen molar-refractivity contribution in [2.45, 2.75) is 20.4 Å². The van der Waals surface area contributed by atoms with Gasteiger partial charge in [0.25, 0.3) is 5.91 Å². The average molecular weight is 370 g/mol. The molecular formula is C21H23FN2O3. The molecule has 0 radical (unpaired) electrons. The molecule has 3 rings (SSSR count). The Morgan fingerprint density at radius 2 is 1.89 bits per heavy atom. The van der Waals surface area contributed by atoms with E-state index in [1.54, 1.807) is 23.1 Å². The molecule has 2 aromatic rings. The Kier molecular flexibility index (Phi) is 5.74.